The van der Waals surface area contributed by atoms with Gasteiger partial charge in [-0.3, -0.25) is 4.99 Å². The lowest BCUT2D eigenvalue weighted by Crippen LogP contribution is -2.42. The van der Waals surface area contributed by atoms with E-state index in [2.05, 4.69) is 34.7 Å². The monoisotopic (exact) mass is 275 g/mol. The Morgan fingerprint density at radius 1 is 1.25 bits per heavy atom. The molecule has 1 aromatic rings. The number of halogens is 1. The minimum absolute atomic E-state index is 0.194. The molecule has 2 N–H and O–H groups in total. The van der Waals surface area contributed by atoms with Crippen LogP contribution < -0.4 is 10.6 Å². The zero-order valence-electron chi connectivity index (χ0n) is 11.9. The van der Waals surface area contributed by atoms with Gasteiger partial charge in [-0.2, -0.15) is 0 Å². The van der Waals surface area contributed by atoms with Crippen molar-refractivity contribution in [2.24, 2.45) is 4.99 Å². The van der Waals surface area contributed by atoms with E-state index >= 15 is 0 Å². The van der Waals surface area contributed by atoms with Gasteiger partial charge in [0, 0.05) is 19.1 Å². The Bertz CT molecular complexity index is 457. The Kier molecular flexibility index (Phi) is 5.59. The number of aliphatic imine (C=N–C) groups is 1. The molecule has 0 spiro atoms. The molecule has 0 aliphatic heterocycles. The highest BCUT2D eigenvalue weighted by atomic mass is 19.1. The van der Waals surface area contributed by atoms with Gasteiger partial charge in [0.05, 0.1) is 0 Å². The molecule has 108 valence electrons. The summed E-state index contributed by atoms with van der Waals surface area (Å²) in [5.74, 6) is 0.671. The third-order valence-electron chi connectivity index (χ3n) is 3.28. The second-order valence-electron chi connectivity index (χ2n) is 4.92. The maximum Gasteiger partial charge on any atom is 0.191 e. The number of nitrogens with zero attached hydrogens (tertiary/aromatic N) is 1. The van der Waals surface area contributed by atoms with Gasteiger partial charge < -0.3 is 10.6 Å². The summed E-state index contributed by atoms with van der Waals surface area (Å²) < 4.78 is 12.8. The minimum atomic E-state index is -0.194. The first-order valence-electron chi connectivity index (χ1n) is 7.22. The van der Waals surface area contributed by atoms with Crippen LogP contribution >= 0.6 is 0 Å². The van der Waals surface area contributed by atoms with Gasteiger partial charge in [-0.1, -0.05) is 24.3 Å². The lowest BCUT2D eigenvalue weighted by Gasteiger charge is -2.16. The molecular weight excluding hydrogens is 253 g/mol. The smallest absolute Gasteiger partial charge is 0.191 e. The number of hydrogen-bond acceptors (Lipinski definition) is 1. The first kappa shape index (κ1) is 14.6. The first-order chi connectivity index (χ1) is 9.78. The normalized spacial score (nSPS) is 15.6. The van der Waals surface area contributed by atoms with Crippen molar-refractivity contribution in [3.05, 3.63) is 47.8 Å². The van der Waals surface area contributed by atoms with Gasteiger partial charge >= 0.3 is 0 Å². The van der Waals surface area contributed by atoms with E-state index in [1.54, 1.807) is 0 Å². The largest absolute Gasteiger partial charge is 0.357 e. The second kappa shape index (κ2) is 7.68. The van der Waals surface area contributed by atoms with Crippen molar-refractivity contribution in [3.63, 3.8) is 0 Å². The van der Waals surface area contributed by atoms with Gasteiger partial charge in [0.25, 0.3) is 0 Å². The third kappa shape index (κ3) is 4.68. The van der Waals surface area contributed by atoms with E-state index in [4.69, 9.17) is 0 Å². The maximum atomic E-state index is 12.8. The average Bonchev–Trinajstić information content (AvgIpc) is 2.94. The highest BCUT2D eigenvalue weighted by Gasteiger charge is 2.11. The Labute approximate surface area is 120 Å². The summed E-state index contributed by atoms with van der Waals surface area (Å²) in [5.41, 5.74) is 1.11. The van der Waals surface area contributed by atoms with Crippen molar-refractivity contribution < 1.29 is 4.39 Å². The minimum Gasteiger partial charge on any atom is -0.357 e. The Morgan fingerprint density at radius 2 is 1.95 bits per heavy atom. The summed E-state index contributed by atoms with van der Waals surface area (Å²) in [7, 11) is 0. The standard InChI is InChI=1S/C16H22FN3/c1-2-18-16(20-15-5-3-4-6-15)19-12-11-13-7-9-14(17)10-8-13/h3-4,7-10,15H,2,5-6,11-12H2,1H3,(H2,18,19,20). The van der Waals surface area contributed by atoms with Crippen LogP contribution in [0.4, 0.5) is 4.39 Å². The highest BCUT2D eigenvalue weighted by Crippen LogP contribution is 2.08. The van der Waals surface area contributed by atoms with Gasteiger partial charge in [-0.15, -0.1) is 0 Å². The number of guanidine groups is 1. The zero-order chi connectivity index (χ0) is 14.2. The van der Waals surface area contributed by atoms with Crippen LogP contribution in [0, 0.1) is 5.82 Å². The lowest BCUT2D eigenvalue weighted by molar-refractivity contribution is 0.626. The van der Waals surface area contributed by atoms with Crippen molar-refractivity contribution in [3.8, 4) is 0 Å². The van der Waals surface area contributed by atoms with Crippen LogP contribution in [0.15, 0.2) is 41.4 Å². The molecule has 1 aliphatic carbocycles. The van der Waals surface area contributed by atoms with Crippen LogP contribution in [-0.2, 0) is 6.42 Å². The van der Waals surface area contributed by atoms with Crippen LogP contribution in [0.1, 0.15) is 25.3 Å². The van der Waals surface area contributed by atoms with E-state index in [0.717, 1.165) is 37.3 Å². The van der Waals surface area contributed by atoms with E-state index in [1.165, 1.54) is 12.1 Å². The molecule has 0 aromatic heterocycles. The third-order valence-corrected chi connectivity index (χ3v) is 3.28. The van der Waals surface area contributed by atoms with Gasteiger partial charge in [0.15, 0.2) is 5.96 Å². The maximum absolute atomic E-state index is 12.8. The van der Waals surface area contributed by atoms with Crippen molar-refractivity contribution in [1.82, 2.24) is 10.6 Å². The number of hydrogen-bond donors (Lipinski definition) is 2. The molecule has 0 saturated carbocycles. The van der Waals surface area contributed by atoms with Crippen molar-refractivity contribution in [2.45, 2.75) is 32.2 Å². The van der Waals surface area contributed by atoms with Crippen LogP contribution in [-0.4, -0.2) is 25.1 Å². The summed E-state index contributed by atoms with van der Waals surface area (Å²) in [6.45, 7) is 3.60. The molecule has 1 aromatic carbocycles. The molecule has 0 atom stereocenters. The lowest BCUT2D eigenvalue weighted by atomic mass is 10.1. The van der Waals surface area contributed by atoms with Crippen LogP contribution in [0.3, 0.4) is 0 Å². The molecule has 0 amide bonds. The SMILES string of the molecule is CCNC(=NCCc1ccc(F)cc1)NC1CC=CC1. The van der Waals surface area contributed by atoms with E-state index in [0.29, 0.717) is 12.6 Å². The summed E-state index contributed by atoms with van der Waals surface area (Å²) in [5, 5.41) is 6.68. The molecule has 4 heteroatoms. The molecule has 20 heavy (non-hydrogen) atoms. The first-order valence-corrected chi connectivity index (χ1v) is 7.22. The Hall–Kier alpha value is -1.84. The highest BCUT2D eigenvalue weighted by molar-refractivity contribution is 5.80. The fourth-order valence-corrected chi connectivity index (χ4v) is 2.20. The molecular formula is C16H22FN3. The molecule has 0 saturated heterocycles. The fraction of sp³-hybridized carbons (Fsp3) is 0.438. The van der Waals surface area contributed by atoms with E-state index in [-0.39, 0.29) is 5.82 Å². The quantitative estimate of drug-likeness (QED) is 0.492. The van der Waals surface area contributed by atoms with Gasteiger partial charge in [0.2, 0.25) is 0 Å². The number of nitrogens with one attached hydrogen (secondary N) is 2. The predicted octanol–water partition coefficient (Wildman–Crippen LogP) is 2.64. The number of benzene rings is 1. The number of rotatable bonds is 5. The zero-order valence-corrected chi connectivity index (χ0v) is 11.9. The van der Waals surface area contributed by atoms with Gasteiger partial charge in [-0.05, 0) is 43.9 Å². The molecule has 0 bridgehead atoms. The molecule has 2 rings (SSSR count). The van der Waals surface area contributed by atoms with Gasteiger partial charge in [-0.25, -0.2) is 4.39 Å². The van der Waals surface area contributed by atoms with Crippen LogP contribution in [0.2, 0.25) is 0 Å². The topological polar surface area (TPSA) is 36.4 Å². The van der Waals surface area contributed by atoms with Gasteiger partial charge in [0.1, 0.15) is 5.82 Å². The summed E-state index contributed by atoms with van der Waals surface area (Å²) in [6.07, 6.45) is 7.32. The summed E-state index contributed by atoms with van der Waals surface area (Å²) >= 11 is 0. The molecule has 1 aliphatic rings. The van der Waals surface area contributed by atoms with Crippen LogP contribution in [0.25, 0.3) is 0 Å². The van der Waals surface area contributed by atoms with E-state index in [1.807, 2.05) is 12.1 Å². The van der Waals surface area contributed by atoms with Crippen molar-refractivity contribution in [2.75, 3.05) is 13.1 Å². The predicted molar refractivity (Wildman–Crippen MR) is 81.4 cm³/mol. The van der Waals surface area contributed by atoms with E-state index in [9.17, 15) is 4.39 Å². The Morgan fingerprint density at radius 3 is 2.60 bits per heavy atom. The average molecular weight is 275 g/mol. The Balaban J connectivity index is 1.83. The molecule has 3 nitrogen and oxygen atoms in total. The van der Waals surface area contributed by atoms with Crippen molar-refractivity contribution >= 4 is 5.96 Å². The second-order valence-corrected chi connectivity index (χ2v) is 4.92. The van der Waals surface area contributed by atoms with Crippen molar-refractivity contribution in [1.29, 1.82) is 0 Å². The van der Waals surface area contributed by atoms with E-state index < -0.39 is 0 Å². The molecule has 0 fully saturated rings. The van der Waals surface area contributed by atoms with Crippen LogP contribution in [0.5, 0.6) is 0 Å². The molecule has 0 unspecified atom stereocenters. The summed E-state index contributed by atoms with van der Waals surface area (Å²) in [6, 6.07) is 7.07. The fourth-order valence-electron chi connectivity index (χ4n) is 2.20. The molecule has 0 heterocycles. The molecule has 0 radical (unpaired) electrons. The summed E-state index contributed by atoms with van der Waals surface area (Å²) in [4.78, 5) is 4.57.